The SMILES string of the molecule is N#Cc1ccccc1NC(=O)Cn1nc(C(=O)[O-])c2ccccc2c1=O. The lowest BCUT2D eigenvalue weighted by Crippen LogP contribution is -2.34. The number of hydrogen-bond donors (Lipinski definition) is 1. The molecule has 1 aromatic heterocycles. The number of amides is 1. The Morgan fingerprint density at radius 1 is 1.12 bits per heavy atom. The molecule has 0 fully saturated rings. The van der Waals surface area contributed by atoms with Crippen LogP contribution in [0.15, 0.2) is 53.3 Å². The van der Waals surface area contributed by atoms with E-state index in [0.717, 1.165) is 4.68 Å². The number of carbonyl (C=O) groups is 2. The van der Waals surface area contributed by atoms with Crippen molar-refractivity contribution in [3.05, 3.63) is 70.1 Å². The van der Waals surface area contributed by atoms with Gasteiger partial charge >= 0.3 is 0 Å². The Hall–Kier alpha value is -3.99. The number of nitrogens with zero attached hydrogens (tertiary/aromatic N) is 3. The number of carbonyl (C=O) groups excluding carboxylic acids is 2. The number of carboxylic acids is 1. The van der Waals surface area contributed by atoms with Crippen molar-refractivity contribution in [2.45, 2.75) is 6.54 Å². The van der Waals surface area contributed by atoms with Crippen LogP contribution in [-0.2, 0) is 11.3 Å². The number of carboxylic acid groups (broad SMARTS) is 1. The highest BCUT2D eigenvalue weighted by molar-refractivity contribution is 6.00. The highest BCUT2D eigenvalue weighted by Crippen LogP contribution is 2.14. The molecule has 0 atom stereocenters. The Morgan fingerprint density at radius 3 is 2.46 bits per heavy atom. The first-order valence-corrected chi connectivity index (χ1v) is 7.51. The van der Waals surface area contributed by atoms with Crippen molar-refractivity contribution in [2.75, 3.05) is 5.32 Å². The van der Waals surface area contributed by atoms with Gasteiger partial charge in [0.15, 0.2) is 0 Å². The van der Waals surface area contributed by atoms with E-state index in [4.69, 9.17) is 5.26 Å². The first-order chi connectivity index (χ1) is 12.5. The molecule has 0 saturated heterocycles. The van der Waals surface area contributed by atoms with Crippen molar-refractivity contribution in [1.82, 2.24) is 9.78 Å². The molecule has 8 heteroatoms. The van der Waals surface area contributed by atoms with Crippen molar-refractivity contribution < 1.29 is 14.7 Å². The van der Waals surface area contributed by atoms with Crippen molar-refractivity contribution in [3.8, 4) is 6.07 Å². The molecule has 0 spiro atoms. The van der Waals surface area contributed by atoms with Gasteiger partial charge in [-0.1, -0.05) is 30.3 Å². The first kappa shape index (κ1) is 16.9. The van der Waals surface area contributed by atoms with Crippen LogP contribution in [0, 0.1) is 11.3 Å². The number of fused-ring (bicyclic) bond motifs is 1. The summed E-state index contributed by atoms with van der Waals surface area (Å²) in [5.74, 6) is -2.17. The monoisotopic (exact) mass is 347 g/mol. The van der Waals surface area contributed by atoms with Gasteiger partial charge in [-0.3, -0.25) is 9.59 Å². The molecular formula is C18H11N4O4-. The highest BCUT2D eigenvalue weighted by atomic mass is 16.4. The van der Waals surface area contributed by atoms with Gasteiger partial charge in [-0.25, -0.2) is 4.68 Å². The number of nitrogens with one attached hydrogen (secondary N) is 1. The van der Waals surface area contributed by atoms with Crippen molar-refractivity contribution >= 4 is 28.3 Å². The molecule has 1 amide bonds. The Kier molecular flexibility index (Phi) is 4.45. The summed E-state index contributed by atoms with van der Waals surface area (Å²) in [6.07, 6.45) is 0. The second-order valence-corrected chi connectivity index (χ2v) is 5.35. The molecule has 0 aliphatic heterocycles. The maximum absolute atomic E-state index is 12.5. The quantitative estimate of drug-likeness (QED) is 0.721. The average molecular weight is 347 g/mol. The van der Waals surface area contributed by atoms with E-state index in [2.05, 4.69) is 10.4 Å². The zero-order valence-corrected chi connectivity index (χ0v) is 13.3. The number of aromatic nitrogens is 2. The summed E-state index contributed by atoms with van der Waals surface area (Å²) in [7, 11) is 0. The van der Waals surface area contributed by atoms with Gasteiger partial charge in [-0.05, 0) is 18.2 Å². The molecule has 0 saturated carbocycles. The number of anilines is 1. The van der Waals surface area contributed by atoms with E-state index in [1.54, 1.807) is 30.3 Å². The lowest BCUT2D eigenvalue weighted by Gasteiger charge is -2.12. The maximum atomic E-state index is 12.5. The van der Waals surface area contributed by atoms with E-state index in [-0.39, 0.29) is 22.0 Å². The summed E-state index contributed by atoms with van der Waals surface area (Å²) in [5.41, 5.74) is -0.483. The second-order valence-electron chi connectivity index (χ2n) is 5.35. The molecule has 1 heterocycles. The molecular weight excluding hydrogens is 336 g/mol. The predicted octanol–water partition coefficient (Wildman–Crippen LogP) is 0.270. The summed E-state index contributed by atoms with van der Waals surface area (Å²) in [5, 5.41) is 26.9. The molecule has 0 radical (unpaired) electrons. The number of benzene rings is 2. The number of nitriles is 1. The van der Waals surface area contributed by atoms with Gasteiger partial charge in [0.1, 0.15) is 18.3 Å². The Labute approximate surface area is 146 Å². The molecule has 0 aliphatic carbocycles. The van der Waals surface area contributed by atoms with Crippen molar-refractivity contribution in [2.24, 2.45) is 0 Å². The van der Waals surface area contributed by atoms with Gasteiger partial charge in [-0.2, -0.15) is 10.4 Å². The zero-order chi connectivity index (χ0) is 18.7. The van der Waals surface area contributed by atoms with Crippen LogP contribution in [0.1, 0.15) is 16.1 Å². The van der Waals surface area contributed by atoms with E-state index >= 15 is 0 Å². The minimum Gasteiger partial charge on any atom is -0.543 e. The van der Waals surface area contributed by atoms with E-state index < -0.39 is 29.7 Å². The summed E-state index contributed by atoms with van der Waals surface area (Å²) < 4.78 is 0.762. The smallest absolute Gasteiger partial charge is 0.275 e. The number of para-hydroxylation sites is 1. The summed E-state index contributed by atoms with van der Waals surface area (Å²) in [6.45, 7) is -0.510. The molecule has 8 nitrogen and oxygen atoms in total. The zero-order valence-electron chi connectivity index (χ0n) is 13.3. The first-order valence-electron chi connectivity index (χ1n) is 7.51. The predicted molar refractivity (Wildman–Crippen MR) is 90.1 cm³/mol. The van der Waals surface area contributed by atoms with Gasteiger partial charge in [0, 0.05) is 5.39 Å². The van der Waals surface area contributed by atoms with Crippen LogP contribution in [0.4, 0.5) is 5.69 Å². The lowest BCUT2D eigenvalue weighted by atomic mass is 10.1. The highest BCUT2D eigenvalue weighted by Gasteiger charge is 2.14. The van der Waals surface area contributed by atoms with E-state index in [0.29, 0.717) is 0 Å². The fourth-order valence-corrected chi connectivity index (χ4v) is 2.51. The lowest BCUT2D eigenvalue weighted by molar-refractivity contribution is -0.255. The fourth-order valence-electron chi connectivity index (χ4n) is 2.51. The minimum absolute atomic E-state index is 0.118. The number of hydrogen-bond acceptors (Lipinski definition) is 6. The number of rotatable bonds is 4. The largest absolute Gasteiger partial charge is 0.543 e. The molecule has 0 aliphatic rings. The topological polar surface area (TPSA) is 128 Å². The molecule has 2 aromatic carbocycles. The van der Waals surface area contributed by atoms with Crippen LogP contribution in [-0.4, -0.2) is 21.7 Å². The standard InChI is InChI=1S/C18H12N4O4/c19-9-11-5-1-4-8-14(11)20-15(23)10-22-17(24)13-7-3-2-6-12(13)16(21-22)18(25)26/h1-8H,10H2,(H,20,23)(H,25,26)/p-1. The van der Waals surface area contributed by atoms with Gasteiger partial charge < -0.3 is 15.2 Å². The van der Waals surface area contributed by atoms with Crippen LogP contribution in [0.5, 0.6) is 0 Å². The third-order valence-corrected chi connectivity index (χ3v) is 3.68. The van der Waals surface area contributed by atoms with Crippen molar-refractivity contribution in [3.63, 3.8) is 0 Å². The van der Waals surface area contributed by atoms with E-state index in [9.17, 15) is 19.5 Å². The summed E-state index contributed by atoms with van der Waals surface area (Å²) >= 11 is 0. The van der Waals surface area contributed by atoms with Crippen LogP contribution >= 0.6 is 0 Å². The third-order valence-electron chi connectivity index (χ3n) is 3.68. The summed E-state index contributed by atoms with van der Waals surface area (Å²) in [4.78, 5) is 36.0. The molecule has 26 heavy (non-hydrogen) atoms. The molecule has 3 rings (SSSR count). The summed E-state index contributed by atoms with van der Waals surface area (Å²) in [6, 6.07) is 14.4. The maximum Gasteiger partial charge on any atom is 0.275 e. The normalized spacial score (nSPS) is 10.3. The van der Waals surface area contributed by atoms with Crippen molar-refractivity contribution in [1.29, 1.82) is 5.26 Å². The Bertz CT molecular complexity index is 1130. The molecule has 1 N–H and O–H groups in total. The van der Waals surface area contributed by atoms with Crippen LogP contribution in [0.2, 0.25) is 0 Å². The van der Waals surface area contributed by atoms with Crippen LogP contribution in [0.3, 0.4) is 0 Å². The van der Waals surface area contributed by atoms with Crippen LogP contribution in [0.25, 0.3) is 10.8 Å². The van der Waals surface area contributed by atoms with Gasteiger partial charge in [-0.15, -0.1) is 0 Å². The van der Waals surface area contributed by atoms with Crippen LogP contribution < -0.4 is 16.0 Å². The molecule has 128 valence electrons. The van der Waals surface area contributed by atoms with Gasteiger partial charge in [0.2, 0.25) is 5.91 Å². The Morgan fingerprint density at radius 2 is 1.77 bits per heavy atom. The fraction of sp³-hybridized carbons (Fsp3) is 0.0556. The average Bonchev–Trinajstić information content (AvgIpc) is 2.64. The van der Waals surface area contributed by atoms with E-state index in [1.165, 1.54) is 18.2 Å². The second kappa shape index (κ2) is 6.86. The number of aromatic carboxylic acids is 1. The molecule has 3 aromatic rings. The molecule has 0 bridgehead atoms. The van der Waals surface area contributed by atoms with Gasteiger partial charge in [0.05, 0.1) is 22.6 Å². The minimum atomic E-state index is -1.55. The molecule has 0 unspecified atom stereocenters. The van der Waals surface area contributed by atoms with E-state index in [1.807, 2.05) is 6.07 Å². The Balaban J connectivity index is 1.97. The van der Waals surface area contributed by atoms with Gasteiger partial charge in [0.25, 0.3) is 5.56 Å². The third kappa shape index (κ3) is 3.14.